The summed E-state index contributed by atoms with van der Waals surface area (Å²) in [6.45, 7) is 5.13. The molecule has 0 unspecified atom stereocenters. The van der Waals surface area contributed by atoms with E-state index in [1.165, 1.54) is 4.90 Å². The Morgan fingerprint density at radius 1 is 1.26 bits per heavy atom. The largest absolute Gasteiger partial charge is 0.481 e. The molecule has 1 fully saturated rings. The second-order valence-electron chi connectivity index (χ2n) is 4.76. The lowest BCUT2D eigenvalue weighted by atomic mass is 9.99. The number of nitrogens with one attached hydrogen (secondary N) is 2. The van der Waals surface area contributed by atoms with Gasteiger partial charge in [0.15, 0.2) is 0 Å². The van der Waals surface area contributed by atoms with Gasteiger partial charge in [-0.1, -0.05) is 6.92 Å². The van der Waals surface area contributed by atoms with Crippen molar-refractivity contribution in [2.75, 3.05) is 26.2 Å². The second-order valence-corrected chi connectivity index (χ2v) is 4.76. The number of hydrogen-bond acceptors (Lipinski definition) is 3. The molecule has 0 aromatic carbocycles. The highest BCUT2D eigenvalue weighted by atomic mass is 16.4. The van der Waals surface area contributed by atoms with Gasteiger partial charge in [0.25, 0.3) is 0 Å². The number of urea groups is 1. The van der Waals surface area contributed by atoms with Crippen LogP contribution in [0.15, 0.2) is 0 Å². The summed E-state index contributed by atoms with van der Waals surface area (Å²) in [6, 6.07) is -0.306. The Kier molecular flexibility index (Phi) is 5.59. The van der Waals surface area contributed by atoms with Gasteiger partial charge in [0.2, 0.25) is 5.91 Å². The van der Waals surface area contributed by atoms with Crippen LogP contribution in [0.25, 0.3) is 0 Å². The van der Waals surface area contributed by atoms with Crippen LogP contribution in [0.4, 0.5) is 4.79 Å². The van der Waals surface area contributed by atoms with E-state index in [0.717, 1.165) is 0 Å². The van der Waals surface area contributed by atoms with Crippen LogP contribution in [0, 0.1) is 11.8 Å². The topological polar surface area (TPSA) is 98.7 Å². The smallest absolute Gasteiger partial charge is 0.317 e. The van der Waals surface area contributed by atoms with E-state index in [2.05, 4.69) is 10.6 Å². The molecule has 19 heavy (non-hydrogen) atoms. The van der Waals surface area contributed by atoms with Gasteiger partial charge < -0.3 is 20.6 Å². The molecule has 1 saturated heterocycles. The number of aliphatic carboxylic acids is 1. The minimum absolute atomic E-state index is 0.0494. The minimum Gasteiger partial charge on any atom is -0.481 e. The minimum atomic E-state index is -0.870. The molecular formula is C12H21N3O4. The molecule has 1 aliphatic heterocycles. The van der Waals surface area contributed by atoms with Gasteiger partial charge >= 0.3 is 12.0 Å². The zero-order valence-corrected chi connectivity index (χ0v) is 11.3. The molecule has 1 rings (SSSR count). The number of carbonyl (C=O) groups excluding carboxylic acids is 2. The summed E-state index contributed by atoms with van der Waals surface area (Å²) in [5.41, 5.74) is 0. The normalized spacial score (nSPS) is 22.1. The first-order chi connectivity index (χ1) is 8.95. The van der Waals surface area contributed by atoms with Gasteiger partial charge in [-0.15, -0.1) is 0 Å². The van der Waals surface area contributed by atoms with Crippen LogP contribution in [0.1, 0.15) is 20.3 Å². The predicted octanol–water partition coefficient (Wildman–Crippen LogP) is -0.125. The standard InChI is InChI=1S/C12H21N3O4/c1-3-13-10(16)4-5-14-12(19)15-6-8(2)9(7-15)11(17)18/h8-9H,3-7H2,1-2H3,(H,13,16)(H,14,19)(H,17,18)/t8-,9-/m1/s1. The summed E-state index contributed by atoms with van der Waals surface area (Å²) in [6.07, 6.45) is 0.228. The average Bonchev–Trinajstić information content (AvgIpc) is 2.71. The highest BCUT2D eigenvalue weighted by Crippen LogP contribution is 2.22. The quantitative estimate of drug-likeness (QED) is 0.649. The Hall–Kier alpha value is -1.79. The van der Waals surface area contributed by atoms with Gasteiger partial charge in [-0.3, -0.25) is 9.59 Å². The van der Waals surface area contributed by atoms with Crippen LogP contribution < -0.4 is 10.6 Å². The Labute approximate surface area is 112 Å². The highest BCUT2D eigenvalue weighted by Gasteiger charge is 2.36. The van der Waals surface area contributed by atoms with Crippen molar-refractivity contribution in [1.29, 1.82) is 0 Å². The third-order valence-electron chi connectivity index (χ3n) is 3.22. The maximum Gasteiger partial charge on any atom is 0.317 e. The van der Waals surface area contributed by atoms with Crippen molar-refractivity contribution in [1.82, 2.24) is 15.5 Å². The van der Waals surface area contributed by atoms with Gasteiger partial charge in [-0.05, 0) is 12.8 Å². The molecule has 1 heterocycles. The highest BCUT2D eigenvalue weighted by molar-refractivity contribution is 5.79. The molecule has 2 atom stereocenters. The van der Waals surface area contributed by atoms with Crippen molar-refractivity contribution in [2.24, 2.45) is 11.8 Å². The van der Waals surface area contributed by atoms with Crippen LogP contribution in [-0.2, 0) is 9.59 Å². The van der Waals surface area contributed by atoms with E-state index in [4.69, 9.17) is 5.11 Å². The molecule has 0 spiro atoms. The van der Waals surface area contributed by atoms with Crippen molar-refractivity contribution in [2.45, 2.75) is 20.3 Å². The molecule has 7 nitrogen and oxygen atoms in total. The zero-order chi connectivity index (χ0) is 14.4. The van der Waals surface area contributed by atoms with Gasteiger partial charge in [-0.25, -0.2) is 4.79 Å². The number of amides is 3. The van der Waals surface area contributed by atoms with Crippen molar-refractivity contribution >= 4 is 17.9 Å². The van der Waals surface area contributed by atoms with Gasteiger partial charge in [-0.2, -0.15) is 0 Å². The van der Waals surface area contributed by atoms with E-state index in [9.17, 15) is 14.4 Å². The summed E-state index contributed by atoms with van der Waals surface area (Å²) in [7, 11) is 0. The van der Waals surface area contributed by atoms with Gasteiger partial charge in [0.05, 0.1) is 5.92 Å². The summed E-state index contributed by atoms with van der Waals surface area (Å²) in [5.74, 6) is -1.54. The van der Waals surface area contributed by atoms with Crippen LogP contribution >= 0.6 is 0 Å². The van der Waals surface area contributed by atoms with Crippen LogP contribution in [0.2, 0.25) is 0 Å². The van der Waals surface area contributed by atoms with E-state index in [-0.39, 0.29) is 37.4 Å². The Balaban J connectivity index is 2.31. The molecule has 108 valence electrons. The number of carboxylic acid groups (broad SMARTS) is 1. The Bertz CT molecular complexity index is 359. The Morgan fingerprint density at radius 3 is 2.47 bits per heavy atom. The third-order valence-corrected chi connectivity index (χ3v) is 3.22. The predicted molar refractivity (Wildman–Crippen MR) is 68.6 cm³/mol. The number of hydrogen-bond donors (Lipinski definition) is 3. The van der Waals surface area contributed by atoms with Gasteiger partial charge in [0, 0.05) is 32.6 Å². The fourth-order valence-corrected chi connectivity index (χ4v) is 2.13. The number of nitrogens with zero attached hydrogens (tertiary/aromatic N) is 1. The number of rotatable bonds is 5. The van der Waals surface area contributed by atoms with E-state index >= 15 is 0 Å². The monoisotopic (exact) mass is 271 g/mol. The third kappa shape index (κ3) is 4.42. The molecule has 7 heteroatoms. The maximum atomic E-state index is 11.8. The van der Waals surface area contributed by atoms with E-state index < -0.39 is 11.9 Å². The van der Waals surface area contributed by atoms with Crippen molar-refractivity contribution in [3.05, 3.63) is 0 Å². The molecule has 0 bridgehead atoms. The SMILES string of the molecule is CCNC(=O)CCNC(=O)N1C[C@@H](C)[C@H](C(=O)O)C1. The molecule has 0 radical (unpaired) electrons. The number of carbonyl (C=O) groups is 3. The molecule has 1 aliphatic rings. The van der Waals surface area contributed by atoms with Crippen molar-refractivity contribution in [3.63, 3.8) is 0 Å². The molecular weight excluding hydrogens is 250 g/mol. The summed E-state index contributed by atoms with van der Waals surface area (Å²) in [4.78, 5) is 35.4. The zero-order valence-electron chi connectivity index (χ0n) is 11.3. The summed E-state index contributed by atoms with van der Waals surface area (Å²) in [5, 5.41) is 14.2. The lowest BCUT2D eigenvalue weighted by Gasteiger charge is -2.16. The molecule has 0 aromatic heterocycles. The lowest BCUT2D eigenvalue weighted by molar-refractivity contribution is -0.142. The van der Waals surface area contributed by atoms with Crippen LogP contribution in [0.5, 0.6) is 0 Å². The van der Waals surface area contributed by atoms with Crippen LogP contribution in [-0.4, -0.2) is 54.1 Å². The first-order valence-corrected chi connectivity index (χ1v) is 6.48. The maximum absolute atomic E-state index is 11.8. The molecule has 0 aliphatic carbocycles. The lowest BCUT2D eigenvalue weighted by Crippen LogP contribution is -2.40. The first kappa shape index (κ1) is 15.3. The van der Waals surface area contributed by atoms with Crippen molar-refractivity contribution < 1.29 is 19.5 Å². The fourth-order valence-electron chi connectivity index (χ4n) is 2.13. The molecule has 0 aromatic rings. The summed E-state index contributed by atoms with van der Waals surface area (Å²) >= 11 is 0. The Morgan fingerprint density at radius 2 is 1.95 bits per heavy atom. The van der Waals surface area contributed by atoms with Gasteiger partial charge in [0.1, 0.15) is 0 Å². The van der Waals surface area contributed by atoms with Crippen molar-refractivity contribution in [3.8, 4) is 0 Å². The molecule has 0 saturated carbocycles. The number of likely N-dealkylation sites (tertiary alicyclic amines) is 1. The first-order valence-electron chi connectivity index (χ1n) is 6.48. The molecule has 3 N–H and O–H groups in total. The van der Waals surface area contributed by atoms with Crippen LogP contribution in [0.3, 0.4) is 0 Å². The number of carboxylic acids is 1. The molecule has 3 amide bonds. The second kappa shape index (κ2) is 6.96. The summed E-state index contributed by atoms with van der Waals surface area (Å²) < 4.78 is 0. The fraction of sp³-hybridized carbons (Fsp3) is 0.750. The van der Waals surface area contributed by atoms with E-state index in [1.54, 1.807) is 0 Å². The average molecular weight is 271 g/mol. The van der Waals surface area contributed by atoms with E-state index in [1.807, 2.05) is 13.8 Å². The van der Waals surface area contributed by atoms with E-state index in [0.29, 0.717) is 13.1 Å².